The molecule has 1 aromatic rings. The Bertz CT molecular complexity index is 374. The zero-order chi connectivity index (χ0) is 11.0. The summed E-state index contributed by atoms with van der Waals surface area (Å²) in [4.78, 5) is 0. The summed E-state index contributed by atoms with van der Waals surface area (Å²) in [5.74, 6) is -2.77. The molecule has 2 rings (SSSR count). The molecule has 0 radical (unpaired) electrons. The van der Waals surface area contributed by atoms with E-state index in [1.54, 1.807) is 0 Å². The molecule has 1 saturated carbocycles. The molecular formula is C11H12F3N. The fourth-order valence-electron chi connectivity index (χ4n) is 1.85. The summed E-state index contributed by atoms with van der Waals surface area (Å²) < 4.78 is 38.9. The Kier molecular flexibility index (Phi) is 2.69. The number of rotatable bonds is 2. The predicted molar refractivity (Wildman–Crippen MR) is 50.6 cm³/mol. The molecule has 1 nitrogen and oxygen atoms in total. The summed E-state index contributed by atoms with van der Waals surface area (Å²) >= 11 is 0. The third-order valence-electron chi connectivity index (χ3n) is 3.06. The van der Waals surface area contributed by atoms with Crippen molar-refractivity contribution in [2.45, 2.75) is 25.3 Å². The van der Waals surface area contributed by atoms with Gasteiger partial charge in [0.25, 0.3) is 0 Å². The van der Waals surface area contributed by atoms with Gasteiger partial charge in [0.1, 0.15) is 5.82 Å². The number of nitrogens with two attached hydrogens (primary N) is 1. The minimum absolute atomic E-state index is 0.0820. The lowest BCUT2D eigenvalue weighted by Gasteiger charge is -2.31. The lowest BCUT2D eigenvalue weighted by atomic mass is 9.77. The Labute approximate surface area is 86.1 Å². The molecule has 0 aromatic heterocycles. The largest absolute Gasteiger partial charge is 0.324 e. The first-order valence-electron chi connectivity index (χ1n) is 4.99. The molecule has 1 fully saturated rings. The Hall–Kier alpha value is -1.03. The third-order valence-corrected chi connectivity index (χ3v) is 3.06. The van der Waals surface area contributed by atoms with Gasteiger partial charge in [0.15, 0.2) is 11.6 Å². The van der Waals surface area contributed by atoms with E-state index in [1.165, 1.54) is 0 Å². The molecule has 15 heavy (non-hydrogen) atoms. The Morgan fingerprint density at radius 2 is 1.67 bits per heavy atom. The summed E-state index contributed by atoms with van der Waals surface area (Å²) in [6.45, 7) is 0. The van der Waals surface area contributed by atoms with Crippen LogP contribution < -0.4 is 5.73 Å². The molecular weight excluding hydrogens is 203 g/mol. The minimum atomic E-state index is -1.17. The van der Waals surface area contributed by atoms with Crippen molar-refractivity contribution in [2.75, 3.05) is 0 Å². The summed E-state index contributed by atoms with van der Waals surface area (Å²) in [6, 6.07) is 0.908. The van der Waals surface area contributed by atoms with Gasteiger partial charge in [-0.15, -0.1) is 0 Å². The fourth-order valence-corrected chi connectivity index (χ4v) is 1.85. The van der Waals surface area contributed by atoms with Crippen LogP contribution in [0.2, 0.25) is 0 Å². The van der Waals surface area contributed by atoms with E-state index >= 15 is 0 Å². The van der Waals surface area contributed by atoms with Gasteiger partial charge >= 0.3 is 0 Å². The Morgan fingerprint density at radius 1 is 1.07 bits per heavy atom. The van der Waals surface area contributed by atoms with E-state index < -0.39 is 23.5 Å². The second kappa shape index (κ2) is 3.85. The SMILES string of the molecule is N[C@@H](c1cc(F)c(F)cc1F)C1CCC1. The standard InChI is InChI=1S/C11H12F3N/c12-8-5-10(14)9(13)4-7(8)11(15)6-2-1-3-6/h4-6,11H,1-3,15H2/t11-/m1/s1. The molecule has 2 N–H and O–H groups in total. The van der Waals surface area contributed by atoms with Crippen LogP contribution in [0.5, 0.6) is 0 Å². The van der Waals surface area contributed by atoms with Crippen molar-refractivity contribution in [1.29, 1.82) is 0 Å². The highest BCUT2D eigenvalue weighted by atomic mass is 19.2. The lowest BCUT2D eigenvalue weighted by Crippen LogP contribution is -2.27. The zero-order valence-corrected chi connectivity index (χ0v) is 8.14. The van der Waals surface area contributed by atoms with Crippen LogP contribution >= 0.6 is 0 Å². The van der Waals surface area contributed by atoms with E-state index in [-0.39, 0.29) is 11.5 Å². The van der Waals surface area contributed by atoms with E-state index in [0.29, 0.717) is 6.07 Å². The molecule has 0 aliphatic heterocycles. The first-order chi connectivity index (χ1) is 7.09. The zero-order valence-electron chi connectivity index (χ0n) is 8.14. The molecule has 4 heteroatoms. The van der Waals surface area contributed by atoms with Gasteiger partial charge < -0.3 is 5.73 Å². The molecule has 0 spiro atoms. The monoisotopic (exact) mass is 215 g/mol. The van der Waals surface area contributed by atoms with Gasteiger partial charge in [-0.1, -0.05) is 6.42 Å². The number of halogens is 3. The topological polar surface area (TPSA) is 26.0 Å². The fraction of sp³-hybridized carbons (Fsp3) is 0.455. The Balaban J connectivity index is 2.30. The maximum atomic E-state index is 13.3. The summed E-state index contributed by atoms with van der Waals surface area (Å²) in [5, 5.41) is 0. The van der Waals surface area contributed by atoms with Crippen molar-refractivity contribution in [3.05, 3.63) is 35.1 Å². The molecule has 0 amide bonds. The first kappa shape index (κ1) is 10.5. The smallest absolute Gasteiger partial charge is 0.161 e. The third kappa shape index (κ3) is 1.86. The highest BCUT2D eigenvalue weighted by Crippen LogP contribution is 2.37. The van der Waals surface area contributed by atoms with E-state index in [0.717, 1.165) is 25.3 Å². The van der Waals surface area contributed by atoms with Crippen molar-refractivity contribution >= 4 is 0 Å². The molecule has 1 aliphatic rings. The van der Waals surface area contributed by atoms with Crippen LogP contribution in [0.1, 0.15) is 30.9 Å². The average molecular weight is 215 g/mol. The molecule has 1 aliphatic carbocycles. The lowest BCUT2D eigenvalue weighted by molar-refractivity contribution is 0.259. The average Bonchev–Trinajstić information content (AvgIpc) is 2.08. The van der Waals surface area contributed by atoms with Crippen LogP contribution in [-0.2, 0) is 0 Å². The molecule has 0 bridgehead atoms. The maximum absolute atomic E-state index is 13.3. The molecule has 0 saturated heterocycles. The van der Waals surface area contributed by atoms with Crippen LogP contribution in [0.15, 0.2) is 12.1 Å². The number of hydrogen-bond acceptors (Lipinski definition) is 1. The second-order valence-electron chi connectivity index (χ2n) is 4.00. The first-order valence-corrected chi connectivity index (χ1v) is 4.99. The highest BCUT2D eigenvalue weighted by Gasteiger charge is 2.28. The summed E-state index contributed by atoms with van der Waals surface area (Å²) in [7, 11) is 0. The molecule has 0 unspecified atom stereocenters. The van der Waals surface area contributed by atoms with Crippen LogP contribution in [0.3, 0.4) is 0 Å². The minimum Gasteiger partial charge on any atom is -0.324 e. The molecule has 0 heterocycles. The van der Waals surface area contributed by atoms with Gasteiger partial charge in [0.05, 0.1) is 0 Å². The van der Waals surface area contributed by atoms with E-state index in [4.69, 9.17) is 5.73 Å². The van der Waals surface area contributed by atoms with Crippen molar-refractivity contribution in [2.24, 2.45) is 11.7 Å². The van der Waals surface area contributed by atoms with Crippen molar-refractivity contribution in [1.82, 2.24) is 0 Å². The van der Waals surface area contributed by atoms with Crippen LogP contribution in [-0.4, -0.2) is 0 Å². The summed E-state index contributed by atoms with van der Waals surface area (Å²) in [6.07, 6.45) is 2.93. The number of hydrogen-bond donors (Lipinski definition) is 1. The van der Waals surface area contributed by atoms with E-state index in [9.17, 15) is 13.2 Å². The van der Waals surface area contributed by atoms with Crippen molar-refractivity contribution in [3.8, 4) is 0 Å². The van der Waals surface area contributed by atoms with Gasteiger partial charge in [-0.2, -0.15) is 0 Å². The van der Waals surface area contributed by atoms with Crippen LogP contribution in [0, 0.1) is 23.4 Å². The normalized spacial score (nSPS) is 18.7. The Morgan fingerprint density at radius 3 is 2.20 bits per heavy atom. The van der Waals surface area contributed by atoms with Gasteiger partial charge in [0, 0.05) is 17.7 Å². The molecule has 1 atom stereocenters. The second-order valence-corrected chi connectivity index (χ2v) is 4.00. The van der Waals surface area contributed by atoms with Gasteiger partial charge in [-0.3, -0.25) is 0 Å². The number of benzene rings is 1. The van der Waals surface area contributed by atoms with Crippen LogP contribution in [0.25, 0.3) is 0 Å². The maximum Gasteiger partial charge on any atom is 0.161 e. The van der Waals surface area contributed by atoms with E-state index in [2.05, 4.69) is 0 Å². The quantitative estimate of drug-likeness (QED) is 0.754. The molecule has 1 aromatic carbocycles. The molecule has 82 valence electrons. The van der Waals surface area contributed by atoms with Gasteiger partial charge in [-0.05, 0) is 24.8 Å². The van der Waals surface area contributed by atoms with Crippen LogP contribution in [0.4, 0.5) is 13.2 Å². The van der Waals surface area contributed by atoms with Crippen molar-refractivity contribution < 1.29 is 13.2 Å². The predicted octanol–water partition coefficient (Wildman–Crippen LogP) is 2.90. The van der Waals surface area contributed by atoms with Gasteiger partial charge in [0.2, 0.25) is 0 Å². The van der Waals surface area contributed by atoms with Gasteiger partial charge in [-0.25, -0.2) is 13.2 Å². The van der Waals surface area contributed by atoms with E-state index in [1.807, 2.05) is 0 Å². The summed E-state index contributed by atoms with van der Waals surface area (Å²) in [5.41, 5.74) is 5.87. The highest BCUT2D eigenvalue weighted by molar-refractivity contribution is 5.24. The van der Waals surface area contributed by atoms with Crippen molar-refractivity contribution in [3.63, 3.8) is 0 Å².